The zero-order chi connectivity index (χ0) is 16.9. The number of fused-ring (bicyclic) bond motifs is 1. The molecule has 1 aromatic carbocycles. The molecule has 2 aromatic rings. The Morgan fingerprint density at radius 1 is 1.38 bits per heavy atom. The molecule has 1 saturated heterocycles. The highest BCUT2D eigenvalue weighted by atomic mass is 32.2. The number of aromatic nitrogens is 1. The molecule has 0 saturated carbocycles. The molecule has 1 atom stereocenters. The van der Waals surface area contributed by atoms with E-state index < -0.39 is 9.84 Å². The van der Waals surface area contributed by atoms with Crippen molar-refractivity contribution in [1.29, 1.82) is 0 Å². The van der Waals surface area contributed by atoms with Crippen molar-refractivity contribution in [2.75, 3.05) is 23.0 Å². The van der Waals surface area contributed by atoms with E-state index in [0.717, 1.165) is 33.9 Å². The number of aryl methyl sites for hydroxylation is 1. The second-order valence-corrected chi connectivity index (χ2v) is 9.73. The minimum absolute atomic E-state index is 0.00610. The van der Waals surface area contributed by atoms with Crippen LogP contribution in [0.15, 0.2) is 23.6 Å². The lowest BCUT2D eigenvalue weighted by Gasteiger charge is -2.20. The van der Waals surface area contributed by atoms with Crippen LogP contribution >= 0.6 is 11.3 Å². The molecule has 0 bridgehead atoms. The average Bonchev–Trinajstić information content (AvgIpc) is 3.24. The Bertz CT molecular complexity index is 918. The van der Waals surface area contributed by atoms with Gasteiger partial charge in [-0.3, -0.25) is 4.79 Å². The summed E-state index contributed by atoms with van der Waals surface area (Å²) in [7, 11) is -3.04. The van der Waals surface area contributed by atoms with Crippen molar-refractivity contribution < 1.29 is 13.2 Å². The van der Waals surface area contributed by atoms with Crippen LogP contribution in [0.5, 0.6) is 0 Å². The van der Waals surface area contributed by atoms with E-state index in [9.17, 15) is 13.2 Å². The molecule has 0 radical (unpaired) electrons. The topological polar surface area (TPSA) is 67.3 Å². The number of sulfone groups is 1. The number of rotatable bonds is 2. The molecule has 2 aliphatic heterocycles. The van der Waals surface area contributed by atoms with E-state index >= 15 is 0 Å². The fourth-order valence-corrected chi connectivity index (χ4v) is 5.85. The highest BCUT2D eigenvalue weighted by Gasteiger charge is 2.37. The standard InChI is InChI=1S/C17H18N2O3S2/c1-11-18-15(9-23-11)12-2-3-16-13(8-12)4-6-19(16)17(20)14-5-7-24(21,22)10-14/h2-3,8-9,14H,4-7,10H2,1H3. The molecule has 126 valence electrons. The number of nitrogens with zero attached hydrogens (tertiary/aromatic N) is 2. The van der Waals surface area contributed by atoms with Gasteiger partial charge in [0.2, 0.25) is 5.91 Å². The number of benzene rings is 1. The van der Waals surface area contributed by atoms with Crippen LogP contribution in [0.25, 0.3) is 11.3 Å². The van der Waals surface area contributed by atoms with Crippen LogP contribution in [0, 0.1) is 12.8 Å². The lowest BCUT2D eigenvalue weighted by molar-refractivity contribution is -0.121. The van der Waals surface area contributed by atoms with Gasteiger partial charge >= 0.3 is 0 Å². The van der Waals surface area contributed by atoms with E-state index in [1.54, 1.807) is 16.2 Å². The van der Waals surface area contributed by atoms with Crippen LogP contribution in [-0.2, 0) is 21.1 Å². The van der Waals surface area contributed by atoms with Gasteiger partial charge in [-0.25, -0.2) is 13.4 Å². The summed E-state index contributed by atoms with van der Waals surface area (Å²) in [6.45, 7) is 2.61. The van der Waals surface area contributed by atoms with Gasteiger partial charge in [-0.2, -0.15) is 0 Å². The minimum atomic E-state index is -3.04. The van der Waals surface area contributed by atoms with Crippen molar-refractivity contribution >= 4 is 32.8 Å². The summed E-state index contributed by atoms with van der Waals surface area (Å²) in [6, 6.07) is 6.06. The first-order valence-electron chi connectivity index (χ1n) is 8.00. The van der Waals surface area contributed by atoms with Gasteiger partial charge in [0, 0.05) is 23.2 Å². The molecular formula is C17H18N2O3S2. The molecule has 1 aromatic heterocycles. The third kappa shape index (κ3) is 2.75. The second kappa shape index (κ2) is 5.67. The van der Waals surface area contributed by atoms with Gasteiger partial charge in [0.1, 0.15) is 0 Å². The van der Waals surface area contributed by atoms with Crippen molar-refractivity contribution in [3.8, 4) is 11.3 Å². The summed E-state index contributed by atoms with van der Waals surface area (Å²) in [5.74, 6) is -0.311. The molecule has 7 heteroatoms. The number of carbonyl (C=O) groups is 1. The Hall–Kier alpha value is -1.73. The third-order valence-corrected chi connectivity index (χ3v) is 7.28. The molecule has 0 N–H and O–H groups in total. The van der Waals surface area contributed by atoms with Crippen LogP contribution in [0.2, 0.25) is 0 Å². The summed E-state index contributed by atoms with van der Waals surface area (Å²) in [6.07, 6.45) is 1.25. The van der Waals surface area contributed by atoms with Gasteiger partial charge in [-0.1, -0.05) is 6.07 Å². The van der Waals surface area contributed by atoms with Crippen molar-refractivity contribution in [2.45, 2.75) is 19.8 Å². The Labute approximate surface area is 145 Å². The van der Waals surface area contributed by atoms with Crippen LogP contribution in [0.3, 0.4) is 0 Å². The molecule has 0 spiro atoms. The zero-order valence-electron chi connectivity index (χ0n) is 13.4. The van der Waals surface area contributed by atoms with Crippen LogP contribution in [0.1, 0.15) is 17.0 Å². The number of carbonyl (C=O) groups excluding carboxylic acids is 1. The summed E-state index contributed by atoms with van der Waals surface area (Å²) in [5, 5.41) is 3.07. The number of hydrogen-bond acceptors (Lipinski definition) is 5. The molecular weight excluding hydrogens is 344 g/mol. The van der Waals surface area contributed by atoms with E-state index in [-0.39, 0.29) is 23.3 Å². The van der Waals surface area contributed by atoms with Crippen LogP contribution < -0.4 is 4.90 Å². The number of hydrogen-bond donors (Lipinski definition) is 0. The highest BCUT2D eigenvalue weighted by Crippen LogP contribution is 2.34. The maximum absolute atomic E-state index is 12.7. The molecule has 5 nitrogen and oxygen atoms in total. The number of anilines is 1. The van der Waals surface area contributed by atoms with Crippen LogP contribution in [0.4, 0.5) is 5.69 Å². The predicted octanol–water partition coefficient (Wildman–Crippen LogP) is 2.44. The maximum atomic E-state index is 12.7. The Morgan fingerprint density at radius 2 is 2.21 bits per heavy atom. The van der Waals surface area contributed by atoms with Crippen molar-refractivity contribution in [3.05, 3.63) is 34.2 Å². The molecule has 1 unspecified atom stereocenters. The van der Waals surface area contributed by atoms with E-state index in [1.165, 1.54) is 0 Å². The molecule has 1 amide bonds. The van der Waals surface area contributed by atoms with Crippen molar-refractivity contribution in [1.82, 2.24) is 4.98 Å². The normalized spacial score (nSPS) is 21.9. The number of amides is 1. The summed E-state index contributed by atoms with van der Waals surface area (Å²) >= 11 is 1.62. The monoisotopic (exact) mass is 362 g/mol. The molecule has 1 fully saturated rings. The van der Waals surface area contributed by atoms with Gasteiger partial charge in [-0.05, 0) is 37.5 Å². The highest BCUT2D eigenvalue weighted by molar-refractivity contribution is 7.91. The largest absolute Gasteiger partial charge is 0.312 e. The van der Waals surface area contributed by atoms with Crippen LogP contribution in [-0.4, -0.2) is 37.4 Å². The second-order valence-electron chi connectivity index (χ2n) is 6.44. The SMILES string of the molecule is Cc1nc(-c2ccc3c(c2)CCN3C(=O)C2CCS(=O)(=O)C2)cs1. The summed E-state index contributed by atoms with van der Waals surface area (Å²) < 4.78 is 23.3. The van der Waals surface area contributed by atoms with E-state index in [2.05, 4.69) is 11.1 Å². The first kappa shape index (κ1) is 15.8. The summed E-state index contributed by atoms with van der Waals surface area (Å²) in [5.41, 5.74) is 4.08. The first-order valence-corrected chi connectivity index (χ1v) is 10.7. The fraction of sp³-hybridized carbons (Fsp3) is 0.412. The maximum Gasteiger partial charge on any atom is 0.231 e. The van der Waals surface area contributed by atoms with E-state index in [0.29, 0.717) is 13.0 Å². The molecule has 4 rings (SSSR count). The quantitative estimate of drug-likeness (QED) is 0.823. The van der Waals surface area contributed by atoms with E-state index in [4.69, 9.17) is 0 Å². The molecule has 0 aliphatic carbocycles. The van der Waals surface area contributed by atoms with Gasteiger partial charge in [0.15, 0.2) is 9.84 Å². The predicted molar refractivity (Wildman–Crippen MR) is 95.1 cm³/mol. The van der Waals surface area contributed by atoms with E-state index in [1.807, 2.05) is 24.4 Å². The Kier molecular flexibility index (Phi) is 3.73. The molecule has 3 heterocycles. The van der Waals surface area contributed by atoms with Gasteiger partial charge in [0.05, 0.1) is 28.1 Å². The molecule has 24 heavy (non-hydrogen) atoms. The summed E-state index contributed by atoms with van der Waals surface area (Å²) in [4.78, 5) is 19.0. The van der Waals surface area contributed by atoms with Gasteiger partial charge < -0.3 is 4.90 Å². The Morgan fingerprint density at radius 3 is 2.88 bits per heavy atom. The number of thiazole rings is 1. The van der Waals surface area contributed by atoms with Gasteiger partial charge in [-0.15, -0.1) is 11.3 Å². The average molecular weight is 362 g/mol. The smallest absolute Gasteiger partial charge is 0.231 e. The van der Waals surface area contributed by atoms with Crippen molar-refractivity contribution in [2.24, 2.45) is 5.92 Å². The fourth-order valence-electron chi connectivity index (χ4n) is 3.50. The van der Waals surface area contributed by atoms with Crippen molar-refractivity contribution in [3.63, 3.8) is 0 Å². The minimum Gasteiger partial charge on any atom is -0.312 e. The third-order valence-electron chi connectivity index (χ3n) is 4.74. The zero-order valence-corrected chi connectivity index (χ0v) is 15.0. The lowest BCUT2D eigenvalue weighted by atomic mass is 10.1. The first-order chi connectivity index (χ1) is 11.4. The Balaban J connectivity index is 1.59. The van der Waals surface area contributed by atoms with Gasteiger partial charge in [0.25, 0.3) is 0 Å². The lowest BCUT2D eigenvalue weighted by Crippen LogP contribution is -2.35. The molecule has 2 aliphatic rings.